The second-order valence-corrected chi connectivity index (χ2v) is 4.82. The molecule has 0 aliphatic rings. The minimum atomic E-state index is -4.65. The van der Waals surface area contributed by atoms with Crippen LogP contribution < -0.4 is 5.56 Å². The van der Waals surface area contributed by atoms with Crippen molar-refractivity contribution in [3.05, 3.63) is 70.3 Å². The lowest BCUT2D eigenvalue weighted by Gasteiger charge is -2.11. The van der Waals surface area contributed by atoms with Crippen LogP contribution in [0.1, 0.15) is 5.56 Å². The Kier molecular flexibility index (Phi) is 3.24. The fraction of sp³-hybridized carbons (Fsp3) is 0.0625. The zero-order valence-corrected chi connectivity index (χ0v) is 11.0. The van der Waals surface area contributed by atoms with Gasteiger partial charge in [0.15, 0.2) is 0 Å². The number of fused-ring (bicyclic) bond motifs is 1. The quantitative estimate of drug-likeness (QED) is 0.666. The smallest absolute Gasteiger partial charge is 0.322 e. The van der Waals surface area contributed by atoms with Crippen LogP contribution in [0.2, 0.25) is 0 Å². The Labute approximate surface area is 122 Å². The van der Waals surface area contributed by atoms with Crippen LogP contribution in [0.15, 0.2) is 53.3 Å². The number of halogens is 4. The van der Waals surface area contributed by atoms with Gasteiger partial charge in [-0.2, -0.15) is 13.2 Å². The Morgan fingerprint density at radius 2 is 1.64 bits per heavy atom. The Morgan fingerprint density at radius 1 is 0.909 bits per heavy atom. The summed E-state index contributed by atoms with van der Waals surface area (Å²) in [7, 11) is 0. The third kappa shape index (κ3) is 2.59. The van der Waals surface area contributed by atoms with Crippen LogP contribution in [0.3, 0.4) is 0 Å². The molecule has 112 valence electrons. The van der Waals surface area contributed by atoms with Gasteiger partial charge in [-0.15, -0.1) is 0 Å². The topological polar surface area (TPSA) is 32.9 Å². The van der Waals surface area contributed by atoms with Gasteiger partial charge in [0.05, 0.1) is 5.56 Å². The predicted octanol–water partition coefficient (Wildman–Crippen LogP) is 4.35. The van der Waals surface area contributed by atoms with E-state index in [2.05, 4.69) is 4.98 Å². The third-order valence-electron chi connectivity index (χ3n) is 3.31. The molecule has 0 unspecified atom stereocenters. The molecule has 6 heteroatoms. The summed E-state index contributed by atoms with van der Waals surface area (Å²) in [6.45, 7) is 0. The van der Waals surface area contributed by atoms with Crippen LogP contribution in [-0.4, -0.2) is 4.98 Å². The summed E-state index contributed by atoms with van der Waals surface area (Å²) < 4.78 is 52.5. The monoisotopic (exact) mass is 307 g/mol. The van der Waals surface area contributed by atoms with Crippen LogP contribution in [0.25, 0.3) is 22.0 Å². The highest BCUT2D eigenvalue weighted by Crippen LogP contribution is 2.35. The van der Waals surface area contributed by atoms with Crippen molar-refractivity contribution in [2.24, 2.45) is 0 Å². The first-order chi connectivity index (χ1) is 10.3. The fourth-order valence-electron chi connectivity index (χ4n) is 2.34. The summed E-state index contributed by atoms with van der Waals surface area (Å²) in [6, 6.07) is 10.3. The Morgan fingerprint density at radius 3 is 2.32 bits per heavy atom. The molecule has 0 atom stereocenters. The molecule has 0 spiro atoms. The highest BCUT2D eigenvalue weighted by Gasteiger charge is 2.33. The van der Waals surface area contributed by atoms with Gasteiger partial charge < -0.3 is 4.98 Å². The minimum absolute atomic E-state index is 0.0833. The number of aromatic nitrogens is 1. The summed E-state index contributed by atoms with van der Waals surface area (Å²) >= 11 is 0. The van der Waals surface area contributed by atoms with Crippen molar-refractivity contribution in [3.8, 4) is 11.1 Å². The van der Waals surface area contributed by atoms with E-state index in [1.807, 2.05) is 0 Å². The average Bonchev–Trinajstić information content (AvgIpc) is 2.45. The third-order valence-corrected chi connectivity index (χ3v) is 3.31. The number of H-pyrrole nitrogens is 1. The van der Waals surface area contributed by atoms with Gasteiger partial charge in [0.2, 0.25) is 5.56 Å². The predicted molar refractivity (Wildman–Crippen MR) is 75.0 cm³/mol. The van der Waals surface area contributed by atoms with E-state index in [1.165, 1.54) is 36.4 Å². The maximum Gasteiger partial charge on any atom is 0.417 e. The highest BCUT2D eigenvalue weighted by molar-refractivity contribution is 5.87. The summed E-state index contributed by atoms with van der Waals surface area (Å²) in [5.74, 6) is -0.477. The fourth-order valence-corrected chi connectivity index (χ4v) is 2.34. The molecule has 3 aromatic rings. The molecule has 0 radical (unpaired) electrons. The Bertz CT molecular complexity index is 912. The number of benzene rings is 2. The standard InChI is InChI=1S/C16H9F4NO/c17-11-3-1-2-9(6-11)10-4-5-14-12(7-10)13(16(18,19)20)8-15(22)21-14/h1-8H,(H,21,22). The second kappa shape index (κ2) is 4.98. The number of hydrogen-bond donors (Lipinski definition) is 1. The molecule has 22 heavy (non-hydrogen) atoms. The van der Waals surface area contributed by atoms with Gasteiger partial charge in [0, 0.05) is 17.0 Å². The number of rotatable bonds is 1. The Balaban J connectivity index is 2.29. The first-order valence-electron chi connectivity index (χ1n) is 6.35. The van der Waals surface area contributed by atoms with E-state index in [0.717, 1.165) is 0 Å². The number of hydrogen-bond acceptors (Lipinski definition) is 1. The van der Waals surface area contributed by atoms with Gasteiger partial charge in [0.25, 0.3) is 0 Å². The van der Waals surface area contributed by atoms with Gasteiger partial charge in [-0.3, -0.25) is 4.79 Å². The highest BCUT2D eigenvalue weighted by atomic mass is 19.4. The first kappa shape index (κ1) is 14.3. The van der Waals surface area contributed by atoms with Crippen LogP contribution in [0.4, 0.5) is 17.6 Å². The van der Waals surface area contributed by atoms with Crippen molar-refractivity contribution in [2.75, 3.05) is 0 Å². The lowest BCUT2D eigenvalue weighted by atomic mass is 10.0. The largest absolute Gasteiger partial charge is 0.417 e. The molecule has 0 aliphatic heterocycles. The number of aromatic amines is 1. The number of pyridine rings is 1. The van der Waals surface area contributed by atoms with E-state index in [1.54, 1.807) is 6.07 Å². The zero-order chi connectivity index (χ0) is 15.9. The molecule has 0 bridgehead atoms. The molecule has 1 heterocycles. The summed E-state index contributed by atoms with van der Waals surface area (Å²) in [5.41, 5.74) is -0.853. The maximum atomic E-state index is 13.3. The molecule has 1 N–H and O–H groups in total. The lowest BCUT2D eigenvalue weighted by molar-refractivity contribution is -0.136. The van der Waals surface area contributed by atoms with Crippen molar-refractivity contribution in [2.45, 2.75) is 6.18 Å². The van der Waals surface area contributed by atoms with Crippen molar-refractivity contribution in [1.29, 1.82) is 0 Å². The number of alkyl halides is 3. The molecule has 2 aromatic carbocycles. The van der Waals surface area contributed by atoms with Crippen molar-refractivity contribution < 1.29 is 17.6 Å². The van der Waals surface area contributed by atoms with E-state index in [9.17, 15) is 22.4 Å². The molecular formula is C16H9F4NO. The van der Waals surface area contributed by atoms with E-state index in [-0.39, 0.29) is 10.9 Å². The second-order valence-electron chi connectivity index (χ2n) is 4.82. The van der Waals surface area contributed by atoms with Crippen molar-refractivity contribution in [1.82, 2.24) is 4.98 Å². The van der Waals surface area contributed by atoms with Gasteiger partial charge in [-0.1, -0.05) is 18.2 Å². The van der Waals surface area contributed by atoms with Crippen LogP contribution >= 0.6 is 0 Å². The zero-order valence-electron chi connectivity index (χ0n) is 11.0. The van der Waals surface area contributed by atoms with Crippen molar-refractivity contribution >= 4 is 10.9 Å². The molecule has 0 amide bonds. The molecule has 2 nitrogen and oxygen atoms in total. The molecule has 0 saturated heterocycles. The van der Waals surface area contributed by atoms with E-state index < -0.39 is 23.1 Å². The van der Waals surface area contributed by atoms with Gasteiger partial charge in [-0.05, 0) is 35.4 Å². The molecule has 0 saturated carbocycles. The normalized spacial score (nSPS) is 11.8. The molecule has 3 rings (SSSR count). The minimum Gasteiger partial charge on any atom is -0.322 e. The van der Waals surface area contributed by atoms with Crippen molar-refractivity contribution in [3.63, 3.8) is 0 Å². The summed E-state index contributed by atoms with van der Waals surface area (Å²) in [4.78, 5) is 13.7. The van der Waals surface area contributed by atoms with Gasteiger partial charge in [-0.25, -0.2) is 4.39 Å². The summed E-state index contributed by atoms with van der Waals surface area (Å²) in [5, 5.41) is -0.131. The molecule has 0 fully saturated rings. The van der Waals surface area contributed by atoms with Crippen LogP contribution in [0.5, 0.6) is 0 Å². The number of nitrogens with one attached hydrogen (secondary N) is 1. The SMILES string of the molecule is O=c1cc(C(F)(F)F)c2cc(-c3cccc(F)c3)ccc2[nH]1. The molecule has 0 aliphatic carbocycles. The van der Waals surface area contributed by atoms with Crippen LogP contribution in [-0.2, 0) is 6.18 Å². The molecular weight excluding hydrogens is 298 g/mol. The van der Waals surface area contributed by atoms with E-state index in [4.69, 9.17) is 0 Å². The Hall–Kier alpha value is -2.63. The van der Waals surface area contributed by atoms with Gasteiger partial charge >= 0.3 is 6.18 Å². The van der Waals surface area contributed by atoms with Gasteiger partial charge in [0.1, 0.15) is 5.82 Å². The summed E-state index contributed by atoms with van der Waals surface area (Å²) in [6.07, 6.45) is -4.65. The lowest BCUT2D eigenvalue weighted by Crippen LogP contribution is -2.13. The maximum absolute atomic E-state index is 13.3. The molecule has 1 aromatic heterocycles. The van der Waals surface area contributed by atoms with E-state index >= 15 is 0 Å². The first-order valence-corrected chi connectivity index (χ1v) is 6.35. The van der Waals surface area contributed by atoms with E-state index in [0.29, 0.717) is 17.2 Å². The average molecular weight is 307 g/mol. The van der Waals surface area contributed by atoms with Crippen LogP contribution in [0, 0.1) is 5.82 Å².